The van der Waals surface area contributed by atoms with E-state index in [-0.39, 0.29) is 18.4 Å². The van der Waals surface area contributed by atoms with Gasteiger partial charge in [-0.05, 0) is 19.1 Å². The zero-order valence-corrected chi connectivity index (χ0v) is 11.9. The molecule has 0 radical (unpaired) electrons. The second-order valence-electron chi connectivity index (χ2n) is 4.85. The Balaban J connectivity index is 2.11. The molecular formula is C14H17N5O2. The minimum atomic E-state index is -0.428. The lowest BCUT2D eigenvalue weighted by Gasteiger charge is -2.24. The highest BCUT2D eigenvalue weighted by Crippen LogP contribution is 2.16. The first-order valence-corrected chi connectivity index (χ1v) is 6.50. The number of carbonyl (C=O) groups is 2. The summed E-state index contributed by atoms with van der Waals surface area (Å²) >= 11 is 0. The van der Waals surface area contributed by atoms with Crippen molar-refractivity contribution in [1.29, 1.82) is 0 Å². The Morgan fingerprint density at radius 3 is 2.52 bits per heavy atom. The predicted molar refractivity (Wildman–Crippen MR) is 77.2 cm³/mol. The van der Waals surface area contributed by atoms with Gasteiger partial charge in [-0.1, -0.05) is 12.1 Å². The van der Waals surface area contributed by atoms with Gasteiger partial charge in [0, 0.05) is 30.6 Å². The van der Waals surface area contributed by atoms with Gasteiger partial charge in [0.25, 0.3) is 5.91 Å². The van der Waals surface area contributed by atoms with Gasteiger partial charge in [0.2, 0.25) is 5.91 Å². The number of nitrogens with two attached hydrogens (primary N) is 1. The summed E-state index contributed by atoms with van der Waals surface area (Å²) in [7, 11) is 1.65. The normalized spacial score (nSPS) is 11.9. The molecule has 0 aliphatic carbocycles. The molecule has 0 aliphatic heterocycles. The summed E-state index contributed by atoms with van der Waals surface area (Å²) in [6.45, 7) is 1.78. The molecule has 0 spiro atoms. The summed E-state index contributed by atoms with van der Waals surface area (Å²) in [6.07, 6.45) is 1.56. The van der Waals surface area contributed by atoms with Crippen LogP contribution in [-0.2, 0) is 4.79 Å². The molecule has 3 N–H and O–H groups in total. The highest BCUT2D eigenvalue weighted by atomic mass is 16.2. The van der Waals surface area contributed by atoms with Crippen LogP contribution in [0.3, 0.4) is 0 Å². The molecule has 7 heteroatoms. The second kappa shape index (κ2) is 6.17. The summed E-state index contributed by atoms with van der Waals surface area (Å²) in [5, 5.41) is 6.54. The molecule has 21 heavy (non-hydrogen) atoms. The summed E-state index contributed by atoms with van der Waals surface area (Å²) in [5.74, 6) is 0.0557. The molecule has 0 bridgehead atoms. The molecule has 110 valence electrons. The Labute approximate surface area is 122 Å². The van der Waals surface area contributed by atoms with Gasteiger partial charge in [0.15, 0.2) is 5.82 Å². The number of hydrogen-bond acceptors (Lipinski definition) is 4. The number of nitrogens with one attached hydrogen (secondary N) is 1. The molecular weight excluding hydrogens is 270 g/mol. The average Bonchev–Trinajstić information content (AvgIpc) is 2.99. The standard InChI is InChI=1S/C14H17N5O2/c1-9(7-12(15)20)19(2)14(21)11-5-3-10(4-6-11)13-16-8-17-18-13/h3-6,8-9H,7H2,1-2H3,(H2,15,20)(H,16,17,18). The van der Waals surface area contributed by atoms with Crippen LogP contribution >= 0.6 is 0 Å². The van der Waals surface area contributed by atoms with E-state index in [0.717, 1.165) is 5.56 Å². The quantitative estimate of drug-likeness (QED) is 0.848. The first kappa shape index (κ1) is 14.7. The van der Waals surface area contributed by atoms with Crippen LogP contribution in [0.25, 0.3) is 11.4 Å². The lowest BCUT2D eigenvalue weighted by Crippen LogP contribution is -2.37. The number of aromatic amines is 1. The number of primary amides is 1. The van der Waals surface area contributed by atoms with Crippen molar-refractivity contribution in [3.05, 3.63) is 36.2 Å². The lowest BCUT2D eigenvalue weighted by molar-refractivity contribution is -0.118. The van der Waals surface area contributed by atoms with E-state index in [2.05, 4.69) is 15.2 Å². The lowest BCUT2D eigenvalue weighted by atomic mass is 10.1. The van der Waals surface area contributed by atoms with E-state index >= 15 is 0 Å². The van der Waals surface area contributed by atoms with E-state index < -0.39 is 5.91 Å². The van der Waals surface area contributed by atoms with Crippen molar-refractivity contribution in [2.24, 2.45) is 5.73 Å². The van der Waals surface area contributed by atoms with Crippen LogP contribution in [0.4, 0.5) is 0 Å². The van der Waals surface area contributed by atoms with Gasteiger partial charge in [0.05, 0.1) is 0 Å². The number of carbonyl (C=O) groups excluding carboxylic acids is 2. The summed E-state index contributed by atoms with van der Waals surface area (Å²) in [5.41, 5.74) is 6.53. The molecule has 1 unspecified atom stereocenters. The van der Waals surface area contributed by atoms with Crippen molar-refractivity contribution in [3.63, 3.8) is 0 Å². The van der Waals surface area contributed by atoms with Crippen molar-refractivity contribution in [2.75, 3.05) is 7.05 Å². The van der Waals surface area contributed by atoms with Crippen LogP contribution in [0, 0.1) is 0 Å². The third-order valence-electron chi connectivity index (χ3n) is 3.30. The molecule has 2 rings (SSSR count). The van der Waals surface area contributed by atoms with E-state index in [1.165, 1.54) is 11.2 Å². The van der Waals surface area contributed by atoms with Gasteiger partial charge in [-0.3, -0.25) is 14.7 Å². The number of nitrogens with zero attached hydrogens (tertiary/aromatic N) is 3. The first-order valence-electron chi connectivity index (χ1n) is 6.50. The van der Waals surface area contributed by atoms with E-state index in [4.69, 9.17) is 5.73 Å². The highest BCUT2D eigenvalue weighted by Gasteiger charge is 2.19. The Kier molecular flexibility index (Phi) is 4.32. The zero-order valence-electron chi connectivity index (χ0n) is 11.9. The Hall–Kier alpha value is -2.70. The Morgan fingerprint density at radius 2 is 2.00 bits per heavy atom. The smallest absolute Gasteiger partial charge is 0.253 e. The van der Waals surface area contributed by atoms with E-state index in [1.807, 2.05) is 0 Å². The van der Waals surface area contributed by atoms with Crippen molar-refractivity contribution in [1.82, 2.24) is 20.1 Å². The fourth-order valence-corrected chi connectivity index (χ4v) is 1.95. The maximum absolute atomic E-state index is 12.3. The molecule has 1 aromatic carbocycles. The fraction of sp³-hybridized carbons (Fsp3) is 0.286. The molecule has 1 aromatic heterocycles. The van der Waals surface area contributed by atoms with Crippen LogP contribution in [0.2, 0.25) is 0 Å². The number of amides is 2. The molecule has 2 aromatic rings. The average molecular weight is 287 g/mol. The predicted octanol–water partition coefficient (Wildman–Crippen LogP) is 0.808. The molecule has 0 fully saturated rings. The number of benzene rings is 1. The van der Waals surface area contributed by atoms with Crippen molar-refractivity contribution in [2.45, 2.75) is 19.4 Å². The number of aromatic nitrogens is 3. The van der Waals surface area contributed by atoms with Crippen molar-refractivity contribution >= 4 is 11.8 Å². The van der Waals surface area contributed by atoms with Crippen LogP contribution in [0.5, 0.6) is 0 Å². The van der Waals surface area contributed by atoms with Crippen LogP contribution < -0.4 is 5.73 Å². The second-order valence-corrected chi connectivity index (χ2v) is 4.85. The Morgan fingerprint density at radius 1 is 1.33 bits per heavy atom. The first-order chi connectivity index (χ1) is 9.99. The van der Waals surface area contributed by atoms with Gasteiger partial charge in [-0.2, -0.15) is 5.10 Å². The van der Waals surface area contributed by atoms with Gasteiger partial charge in [0.1, 0.15) is 6.33 Å². The van der Waals surface area contributed by atoms with E-state index in [1.54, 1.807) is 38.2 Å². The van der Waals surface area contributed by atoms with Crippen molar-refractivity contribution < 1.29 is 9.59 Å². The summed E-state index contributed by atoms with van der Waals surface area (Å²) < 4.78 is 0. The van der Waals surface area contributed by atoms with Crippen LogP contribution in [-0.4, -0.2) is 45.0 Å². The Bertz CT molecular complexity index is 621. The zero-order chi connectivity index (χ0) is 15.4. The number of H-pyrrole nitrogens is 1. The summed E-state index contributed by atoms with van der Waals surface area (Å²) in [4.78, 5) is 28.8. The van der Waals surface area contributed by atoms with E-state index in [0.29, 0.717) is 11.4 Å². The van der Waals surface area contributed by atoms with Gasteiger partial charge < -0.3 is 10.6 Å². The molecule has 2 amide bonds. The monoisotopic (exact) mass is 287 g/mol. The maximum atomic E-state index is 12.3. The largest absolute Gasteiger partial charge is 0.370 e. The number of hydrogen-bond donors (Lipinski definition) is 2. The van der Waals surface area contributed by atoms with Crippen LogP contribution in [0.1, 0.15) is 23.7 Å². The molecule has 0 aliphatic rings. The third-order valence-corrected chi connectivity index (χ3v) is 3.30. The molecule has 1 heterocycles. The van der Waals surface area contributed by atoms with Gasteiger partial charge >= 0.3 is 0 Å². The SMILES string of the molecule is CC(CC(N)=O)N(C)C(=O)c1ccc(-c2ncn[nH]2)cc1. The summed E-state index contributed by atoms with van der Waals surface area (Å²) in [6, 6.07) is 6.77. The van der Waals surface area contributed by atoms with Gasteiger partial charge in [-0.15, -0.1) is 0 Å². The van der Waals surface area contributed by atoms with Crippen LogP contribution in [0.15, 0.2) is 30.6 Å². The maximum Gasteiger partial charge on any atom is 0.253 e. The van der Waals surface area contributed by atoms with Gasteiger partial charge in [-0.25, -0.2) is 4.98 Å². The molecule has 7 nitrogen and oxygen atoms in total. The molecule has 1 atom stereocenters. The molecule has 0 saturated carbocycles. The van der Waals surface area contributed by atoms with Crippen molar-refractivity contribution in [3.8, 4) is 11.4 Å². The highest BCUT2D eigenvalue weighted by molar-refractivity contribution is 5.95. The minimum absolute atomic E-state index is 0.137. The van der Waals surface area contributed by atoms with E-state index in [9.17, 15) is 9.59 Å². The number of rotatable bonds is 5. The molecule has 0 saturated heterocycles. The third kappa shape index (κ3) is 3.44. The topological polar surface area (TPSA) is 105 Å². The fourth-order valence-electron chi connectivity index (χ4n) is 1.95. The minimum Gasteiger partial charge on any atom is -0.370 e.